The van der Waals surface area contributed by atoms with Crippen molar-refractivity contribution >= 4 is 11.6 Å². The van der Waals surface area contributed by atoms with Gasteiger partial charge in [0.15, 0.2) is 0 Å². The summed E-state index contributed by atoms with van der Waals surface area (Å²) in [6.07, 6.45) is 4.30. The molecule has 2 rings (SSSR count). The summed E-state index contributed by atoms with van der Waals surface area (Å²) >= 11 is 6.03. The van der Waals surface area contributed by atoms with E-state index in [2.05, 4.69) is 6.92 Å². The molecule has 1 aliphatic carbocycles. The van der Waals surface area contributed by atoms with Crippen molar-refractivity contribution in [1.82, 2.24) is 0 Å². The highest BCUT2D eigenvalue weighted by molar-refractivity contribution is 6.30. The number of aliphatic hydroxyl groups excluding tert-OH is 1. The van der Waals surface area contributed by atoms with Crippen LogP contribution in [-0.2, 0) is 0 Å². The minimum Gasteiger partial charge on any atom is -0.392 e. The van der Waals surface area contributed by atoms with Crippen LogP contribution in [0.3, 0.4) is 0 Å². The summed E-state index contributed by atoms with van der Waals surface area (Å²) < 4.78 is 0. The molecule has 19 heavy (non-hydrogen) atoms. The van der Waals surface area contributed by atoms with Crippen LogP contribution in [0.2, 0.25) is 5.02 Å². The number of aliphatic hydroxyl groups is 1. The van der Waals surface area contributed by atoms with E-state index in [1.54, 1.807) is 0 Å². The fraction of sp³-hybridized carbons (Fsp3) is 0.625. The molecule has 0 spiro atoms. The van der Waals surface area contributed by atoms with Crippen LogP contribution in [0.4, 0.5) is 0 Å². The van der Waals surface area contributed by atoms with Gasteiger partial charge in [0, 0.05) is 17.5 Å². The lowest BCUT2D eigenvalue weighted by Crippen LogP contribution is -2.34. The molecule has 0 bridgehead atoms. The molecule has 3 N–H and O–H groups in total. The van der Waals surface area contributed by atoms with Gasteiger partial charge in [0.25, 0.3) is 0 Å². The number of halogens is 1. The predicted octanol–water partition coefficient (Wildman–Crippen LogP) is 3.57. The largest absolute Gasteiger partial charge is 0.392 e. The Morgan fingerprint density at radius 1 is 1.32 bits per heavy atom. The van der Waals surface area contributed by atoms with Crippen LogP contribution in [0.15, 0.2) is 24.3 Å². The highest BCUT2D eigenvalue weighted by atomic mass is 35.5. The number of hydrogen-bond acceptors (Lipinski definition) is 2. The molecule has 0 radical (unpaired) electrons. The molecule has 3 heteroatoms. The van der Waals surface area contributed by atoms with Crippen LogP contribution in [0.25, 0.3) is 0 Å². The molecule has 2 nitrogen and oxygen atoms in total. The smallest absolute Gasteiger partial charge is 0.0649 e. The number of rotatable bonds is 4. The Kier molecular flexibility index (Phi) is 5.26. The molecule has 0 amide bonds. The maximum atomic E-state index is 10.6. The van der Waals surface area contributed by atoms with Crippen molar-refractivity contribution < 1.29 is 5.11 Å². The summed E-state index contributed by atoms with van der Waals surface area (Å²) in [7, 11) is 0. The zero-order chi connectivity index (χ0) is 13.8. The van der Waals surface area contributed by atoms with Gasteiger partial charge in [-0.3, -0.25) is 0 Å². The Morgan fingerprint density at radius 3 is 2.58 bits per heavy atom. The first-order valence-electron chi connectivity index (χ1n) is 7.25. The monoisotopic (exact) mass is 281 g/mol. The van der Waals surface area contributed by atoms with Crippen molar-refractivity contribution in [3.63, 3.8) is 0 Å². The molecule has 1 aliphatic rings. The Morgan fingerprint density at radius 2 is 2.00 bits per heavy atom. The van der Waals surface area contributed by atoms with Crippen LogP contribution >= 0.6 is 11.6 Å². The van der Waals surface area contributed by atoms with Gasteiger partial charge in [-0.2, -0.15) is 0 Å². The van der Waals surface area contributed by atoms with Crippen molar-refractivity contribution in [2.24, 2.45) is 17.6 Å². The molecular weight excluding hydrogens is 258 g/mol. The van der Waals surface area contributed by atoms with Crippen LogP contribution in [-0.4, -0.2) is 17.8 Å². The molecule has 2 atom stereocenters. The van der Waals surface area contributed by atoms with Gasteiger partial charge in [-0.1, -0.05) is 43.5 Å². The first-order valence-corrected chi connectivity index (χ1v) is 7.63. The summed E-state index contributed by atoms with van der Waals surface area (Å²) in [5.74, 6) is 1.17. The molecule has 1 aromatic carbocycles. The van der Waals surface area contributed by atoms with E-state index in [-0.39, 0.29) is 12.0 Å². The van der Waals surface area contributed by atoms with Crippen LogP contribution in [0.1, 0.15) is 44.1 Å². The molecule has 1 aromatic rings. The molecule has 1 fully saturated rings. The molecular formula is C16H24ClNO. The second kappa shape index (κ2) is 6.74. The molecule has 106 valence electrons. The number of hydrogen-bond donors (Lipinski definition) is 2. The van der Waals surface area contributed by atoms with Gasteiger partial charge in [-0.25, -0.2) is 0 Å². The SMILES string of the molecule is CC1CCC(C(O)C(CN)c2cccc(Cl)c2)CC1. The lowest BCUT2D eigenvalue weighted by molar-refractivity contribution is 0.0548. The molecule has 0 aliphatic heterocycles. The Hall–Kier alpha value is -0.570. The van der Waals surface area contributed by atoms with Gasteiger partial charge in [-0.05, 0) is 42.4 Å². The molecule has 2 unspecified atom stereocenters. The third kappa shape index (κ3) is 3.71. The van der Waals surface area contributed by atoms with Gasteiger partial charge in [-0.15, -0.1) is 0 Å². The Balaban J connectivity index is 2.08. The van der Waals surface area contributed by atoms with Gasteiger partial charge < -0.3 is 10.8 Å². The maximum Gasteiger partial charge on any atom is 0.0649 e. The van der Waals surface area contributed by atoms with Crippen molar-refractivity contribution in [3.05, 3.63) is 34.9 Å². The average molecular weight is 282 g/mol. The third-order valence-corrected chi connectivity index (χ3v) is 4.72. The van der Waals surface area contributed by atoms with Crippen molar-refractivity contribution in [2.45, 2.75) is 44.6 Å². The maximum absolute atomic E-state index is 10.6. The molecule has 1 saturated carbocycles. The fourth-order valence-corrected chi connectivity index (χ4v) is 3.36. The zero-order valence-electron chi connectivity index (χ0n) is 11.6. The van der Waals surface area contributed by atoms with E-state index < -0.39 is 0 Å². The zero-order valence-corrected chi connectivity index (χ0v) is 12.3. The fourth-order valence-electron chi connectivity index (χ4n) is 3.17. The van der Waals surface area contributed by atoms with Crippen molar-refractivity contribution in [2.75, 3.05) is 6.54 Å². The quantitative estimate of drug-likeness (QED) is 0.886. The second-order valence-corrected chi connectivity index (χ2v) is 6.34. The summed E-state index contributed by atoms with van der Waals surface area (Å²) in [4.78, 5) is 0. The van der Waals surface area contributed by atoms with E-state index in [1.807, 2.05) is 24.3 Å². The normalized spacial score (nSPS) is 26.9. The van der Waals surface area contributed by atoms with Crippen LogP contribution in [0, 0.1) is 11.8 Å². The highest BCUT2D eigenvalue weighted by Crippen LogP contribution is 2.35. The topological polar surface area (TPSA) is 46.2 Å². The van der Waals surface area contributed by atoms with E-state index >= 15 is 0 Å². The second-order valence-electron chi connectivity index (χ2n) is 5.91. The first-order chi connectivity index (χ1) is 9.11. The van der Waals surface area contributed by atoms with Gasteiger partial charge >= 0.3 is 0 Å². The van der Waals surface area contributed by atoms with Crippen molar-refractivity contribution in [3.8, 4) is 0 Å². The van der Waals surface area contributed by atoms with Crippen LogP contribution in [0.5, 0.6) is 0 Å². The lowest BCUT2D eigenvalue weighted by atomic mass is 9.75. The van der Waals surface area contributed by atoms with E-state index in [0.29, 0.717) is 17.5 Å². The predicted molar refractivity (Wildman–Crippen MR) is 80.4 cm³/mol. The number of benzene rings is 1. The first kappa shape index (κ1) is 14.8. The van der Waals surface area contributed by atoms with E-state index in [4.69, 9.17) is 17.3 Å². The molecule has 0 heterocycles. The standard InChI is InChI=1S/C16H24ClNO/c1-11-5-7-12(8-6-11)16(19)15(10-18)13-3-2-4-14(17)9-13/h2-4,9,11-12,15-16,19H,5-8,10,18H2,1H3. The highest BCUT2D eigenvalue weighted by Gasteiger charge is 2.30. The van der Waals surface area contributed by atoms with Crippen LogP contribution < -0.4 is 5.73 Å². The van der Waals surface area contributed by atoms with Gasteiger partial charge in [0.1, 0.15) is 0 Å². The third-order valence-electron chi connectivity index (χ3n) is 4.49. The van der Waals surface area contributed by atoms with E-state index in [9.17, 15) is 5.11 Å². The minimum atomic E-state index is -0.351. The molecule has 0 aromatic heterocycles. The Bertz CT molecular complexity index is 401. The average Bonchev–Trinajstić information content (AvgIpc) is 2.40. The summed E-state index contributed by atoms with van der Waals surface area (Å²) in [6.45, 7) is 2.76. The van der Waals surface area contributed by atoms with Gasteiger partial charge in [0.2, 0.25) is 0 Å². The lowest BCUT2D eigenvalue weighted by Gasteiger charge is -2.34. The molecule has 0 saturated heterocycles. The minimum absolute atomic E-state index is 0.00268. The van der Waals surface area contributed by atoms with E-state index in [1.165, 1.54) is 12.8 Å². The summed E-state index contributed by atoms with van der Waals surface area (Å²) in [5.41, 5.74) is 6.94. The number of nitrogens with two attached hydrogens (primary N) is 1. The summed E-state index contributed by atoms with van der Waals surface area (Å²) in [6, 6.07) is 7.72. The summed E-state index contributed by atoms with van der Waals surface area (Å²) in [5, 5.41) is 11.3. The van der Waals surface area contributed by atoms with E-state index in [0.717, 1.165) is 24.3 Å². The Labute approximate surface area is 121 Å². The van der Waals surface area contributed by atoms with Gasteiger partial charge in [0.05, 0.1) is 6.10 Å². The van der Waals surface area contributed by atoms with Crippen molar-refractivity contribution in [1.29, 1.82) is 0 Å².